The molecule has 0 aliphatic carbocycles. The predicted molar refractivity (Wildman–Crippen MR) is 92.8 cm³/mol. The van der Waals surface area contributed by atoms with E-state index >= 15 is 0 Å². The standard InChI is InChI=1S/C17H17N5O2/c23-22(24)14-6-7-16-15(12-14)17(20-10-8-18-9-11-20)19-21(16)13-4-2-1-3-5-13/h1-7,12,18H,8-11H2. The Morgan fingerprint density at radius 1 is 1.08 bits per heavy atom. The second-order valence-corrected chi connectivity index (χ2v) is 5.77. The molecule has 4 rings (SSSR count). The zero-order chi connectivity index (χ0) is 16.5. The summed E-state index contributed by atoms with van der Waals surface area (Å²) in [5, 5.41) is 20.1. The second kappa shape index (κ2) is 5.93. The average Bonchev–Trinajstić information content (AvgIpc) is 3.02. The number of hydrogen-bond acceptors (Lipinski definition) is 5. The van der Waals surface area contributed by atoms with Crippen LogP contribution in [0.15, 0.2) is 48.5 Å². The molecule has 7 nitrogen and oxygen atoms in total. The van der Waals surface area contributed by atoms with Gasteiger partial charge in [-0.2, -0.15) is 0 Å². The second-order valence-electron chi connectivity index (χ2n) is 5.77. The molecule has 1 saturated heterocycles. The maximum Gasteiger partial charge on any atom is 0.270 e. The number of piperazine rings is 1. The smallest absolute Gasteiger partial charge is 0.270 e. The van der Waals surface area contributed by atoms with Gasteiger partial charge in [-0.25, -0.2) is 4.68 Å². The molecule has 3 aromatic rings. The Morgan fingerprint density at radius 2 is 1.83 bits per heavy atom. The summed E-state index contributed by atoms with van der Waals surface area (Å²) in [6.45, 7) is 3.44. The number of rotatable bonds is 3. The van der Waals surface area contributed by atoms with E-state index < -0.39 is 0 Å². The van der Waals surface area contributed by atoms with Crippen LogP contribution in [-0.2, 0) is 0 Å². The zero-order valence-corrected chi connectivity index (χ0v) is 13.1. The van der Waals surface area contributed by atoms with Gasteiger partial charge in [-0.05, 0) is 18.2 Å². The minimum Gasteiger partial charge on any atom is -0.352 e. The van der Waals surface area contributed by atoms with Gasteiger partial charge in [0.2, 0.25) is 0 Å². The molecule has 2 heterocycles. The van der Waals surface area contributed by atoms with Gasteiger partial charge in [0.15, 0.2) is 5.82 Å². The summed E-state index contributed by atoms with van der Waals surface area (Å²) < 4.78 is 1.86. The third-order valence-corrected chi connectivity index (χ3v) is 4.27. The van der Waals surface area contributed by atoms with Crippen molar-refractivity contribution in [1.82, 2.24) is 15.1 Å². The van der Waals surface area contributed by atoms with Gasteiger partial charge in [-0.1, -0.05) is 18.2 Å². The number of fused-ring (bicyclic) bond motifs is 1. The summed E-state index contributed by atoms with van der Waals surface area (Å²) >= 11 is 0. The van der Waals surface area contributed by atoms with Gasteiger partial charge < -0.3 is 10.2 Å². The van der Waals surface area contributed by atoms with Gasteiger partial charge in [-0.15, -0.1) is 5.10 Å². The van der Waals surface area contributed by atoms with E-state index in [2.05, 4.69) is 10.2 Å². The number of nitrogens with one attached hydrogen (secondary N) is 1. The van der Waals surface area contributed by atoms with E-state index in [0.29, 0.717) is 0 Å². The number of aromatic nitrogens is 2. The van der Waals surface area contributed by atoms with Gasteiger partial charge in [0.25, 0.3) is 5.69 Å². The van der Waals surface area contributed by atoms with E-state index in [1.54, 1.807) is 12.1 Å². The first-order valence-electron chi connectivity index (χ1n) is 7.92. The summed E-state index contributed by atoms with van der Waals surface area (Å²) in [5.74, 6) is 0.805. The number of para-hydroxylation sites is 1. The first kappa shape index (κ1) is 14.6. The third-order valence-electron chi connectivity index (χ3n) is 4.27. The molecular weight excluding hydrogens is 306 g/mol. The predicted octanol–water partition coefficient (Wildman–Crippen LogP) is 2.34. The molecule has 0 atom stereocenters. The molecule has 0 saturated carbocycles. The van der Waals surface area contributed by atoms with Crippen molar-refractivity contribution < 1.29 is 4.92 Å². The van der Waals surface area contributed by atoms with Crippen LogP contribution >= 0.6 is 0 Å². The number of nitro groups is 1. The Hall–Kier alpha value is -2.93. The quantitative estimate of drug-likeness (QED) is 0.591. The van der Waals surface area contributed by atoms with Crippen LogP contribution < -0.4 is 10.2 Å². The van der Waals surface area contributed by atoms with Crippen molar-refractivity contribution >= 4 is 22.4 Å². The highest BCUT2D eigenvalue weighted by Crippen LogP contribution is 2.31. The Labute approximate surface area is 138 Å². The zero-order valence-electron chi connectivity index (χ0n) is 13.1. The highest BCUT2D eigenvalue weighted by atomic mass is 16.6. The maximum atomic E-state index is 11.2. The Morgan fingerprint density at radius 3 is 2.54 bits per heavy atom. The summed E-state index contributed by atoms with van der Waals surface area (Å²) in [6, 6.07) is 14.8. The first-order chi connectivity index (χ1) is 11.7. The lowest BCUT2D eigenvalue weighted by molar-refractivity contribution is -0.384. The minimum absolute atomic E-state index is 0.0893. The Kier molecular flexibility index (Phi) is 3.62. The lowest BCUT2D eigenvalue weighted by Gasteiger charge is -2.27. The fraction of sp³-hybridized carbons (Fsp3) is 0.235. The van der Waals surface area contributed by atoms with Crippen LogP contribution in [0.4, 0.5) is 11.5 Å². The SMILES string of the molecule is O=[N+]([O-])c1ccc2c(c1)c(N1CCNCC1)nn2-c1ccccc1. The van der Waals surface area contributed by atoms with Crippen molar-refractivity contribution in [2.75, 3.05) is 31.1 Å². The van der Waals surface area contributed by atoms with Crippen molar-refractivity contribution in [2.45, 2.75) is 0 Å². The summed E-state index contributed by atoms with van der Waals surface area (Å²) in [4.78, 5) is 13.0. The lowest BCUT2D eigenvalue weighted by atomic mass is 10.2. The van der Waals surface area contributed by atoms with Crippen LogP contribution in [0.5, 0.6) is 0 Å². The number of benzene rings is 2. The fourth-order valence-electron chi connectivity index (χ4n) is 3.08. The molecule has 1 aliphatic heterocycles. The normalized spacial score (nSPS) is 14.9. The average molecular weight is 323 g/mol. The van der Waals surface area contributed by atoms with Crippen LogP contribution in [0, 0.1) is 10.1 Å². The molecule has 0 bridgehead atoms. The van der Waals surface area contributed by atoms with E-state index in [0.717, 1.165) is 48.6 Å². The molecule has 122 valence electrons. The molecule has 0 radical (unpaired) electrons. The van der Waals surface area contributed by atoms with Crippen LogP contribution in [0.2, 0.25) is 0 Å². The van der Waals surface area contributed by atoms with Gasteiger partial charge in [0, 0.05) is 38.3 Å². The van der Waals surface area contributed by atoms with Crippen LogP contribution in [0.1, 0.15) is 0 Å². The molecule has 7 heteroatoms. The largest absolute Gasteiger partial charge is 0.352 e. The topological polar surface area (TPSA) is 76.2 Å². The van der Waals surface area contributed by atoms with Crippen LogP contribution in [0.3, 0.4) is 0 Å². The van der Waals surface area contributed by atoms with E-state index in [4.69, 9.17) is 5.10 Å². The number of nitrogens with zero attached hydrogens (tertiary/aromatic N) is 4. The summed E-state index contributed by atoms with van der Waals surface area (Å²) in [7, 11) is 0. The fourth-order valence-corrected chi connectivity index (χ4v) is 3.08. The molecular formula is C17H17N5O2. The van der Waals surface area contributed by atoms with Crippen molar-refractivity contribution in [3.63, 3.8) is 0 Å². The van der Waals surface area contributed by atoms with Crippen molar-refractivity contribution in [1.29, 1.82) is 0 Å². The van der Waals surface area contributed by atoms with Gasteiger partial charge in [0.1, 0.15) is 0 Å². The summed E-state index contributed by atoms with van der Waals surface area (Å²) in [5.41, 5.74) is 1.91. The van der Waals surface area contributed by atoms with Gasteiger partial charge in [0.05, 0.1) is 21.5 Å². The molecule has 24 heavy (non-hydrogen) atoms. The van der Waals surface area contributed by atoms with E-state index in [1.807, 2.05) is 35.0 Å². The van der Waals surface area contributed by atoms with E-state index in [9.17, 15) is 10.1 Å². The van der Waals surface area contributed by atoms with E-state index in [-0.39, 0.29) is 10.6 Å². The maximum absolute atomic E-state index is 11.2. The molecule has 0 amide bonds. The molecule has 1 aromatic heterocycles. The van der Waals surface area contributed by atoms with Crippen molar-refractivity contribution in [3.05, 3.63) is 58.6 Å². The van der Waals surface area contributed by atoms with Crippen LogP contribution in [0.25, 0.3) is 16.6 Å². The monoisotopic (exact) mass is 323 g/mol. The molecule has 1 fully saturated rings. The molecule has 0 spiro atoms. The van der Waals surface area contributed by atoms with Gasteiger partial charge in [-0.3, -0.25) is 10.1 Å². The van der Waals surface area contributed by atoms with Gasteiger partial charge >= 0.3 is 0 Å². The molecule has 1 N–H and O–H groups in total. The number of anilines is 1. The van der Waals surface area contributed by atoms with Crippen molar-refractivity contribution in [2.24, 2.45) is 0 Å². The first-order valence-corrected chi connectivity index (χ1v) is 7.92. The number of non-ortho nitro benzene ring substituents is 1. The molecule has 2 aromatic carbocycles. The Bertz CT molecular complexity index is 885. The van der Waals surface area contributed by atoms with Crippen LogP contribution in [-0.4, -0.2) is 40.9 Å². The highest BCUT2D eigenvalue weighted by Gasteiger charge is 2.21. The number of nitro benzene ring substituents is 1. The third kappa shape index (κ3) is 2.48. The lowest BCUT2D eigenvalue weighted by Crippen LogP contribution is -2.43. The number of hydrogen-bond donors (Lipinski definition) is 1. The minimum atomic E-state index is -0.360. The molecule has 0 unspecified atom stereocenters. The Balaban J connectivity index is 1.92. The van der Waals surface area contributed by atoms with Crippen molar-refractivity contribution in [3.8, 4) is 5.69 Å². The van der Waals surface area contributed by atoms with E-state index in [1.165, 1.54) is 6.07 Å². The highest BCUT2D eigenvalue weighted by molar-refractivity contribution is 5.93. The summed E-state index contributed by atoms with van der Waals surface area (Å²) in [6.07, 6.45) is 0. The molecule has 1 aliphatic rings.